The lowest BCUT2D eigenvalue weighted by molar-refractivity contribution is -0.145. The maximum Gasteiger partial charge on any atom is 0.333 e. The average Bonchev–Trinajstić information content (AvgIpc) is 4.07. The highest BCUT2D eigenvalue weighted by molar-refractivity contribution is 6.23. The highest BCUT2D eigenvalue weighted by atomic mass is 16.5. The summed E-state index contributed by atoms with van der Waals surface area (Å²) in [6.45, 7) is 16.1. The Bertz CT molecular complexity index is 2960. The van der Waals surface area contributed by atoms with Crippen LogP contribution in [0.2, 0.25) is 0 Å². The largest absolute Gasteiger partial charge is 0.489 e. The fourth-order valence-corrected chi connectivity index (χ4v) is 12.3. The fourth-order valence-electron chi connectivity index (χ4n) is 12.3. The average molecular weight is 1040 g/mol. The summed E-state index contributed by atoms with van der Waals surface area (Å²) in [5, 5.41) is 16.4. The Kier molecular flexibility index (Phi) is 15.8. The Hall–Kier alpha value is -7.32. The second-order valence-electron chi connectivity index (χ2n) is 22.6. The molecule has 0 radical (unpaired) electrons. The molecule has 2 aliphatic heterocycles. The summed E-state index contributed by atoms with van der Waals surface area (Å²) in [6.07, 6.45) is 4.25. The number of benzene rings is 5. The van der Waals surface area contributed by atoms with Crippen LogP contribution in [0.5, 0.6) is 5.75 Å². The van der Waals surface area contributed by atoms with Crippen LogP contribution in [0.4, 0.5) is 32.3 Å². The van der Waals surface area contributed by atoms with Gasteiger partial charge in [-0.15, -0.1) is 0 Å². The van der Waals surface area contributed by atoms with E-state index in [9.17, 15) is 5.11 Å². The van der Waals surface area contributed by atoms with Gasteiger partial charge < -0.3 is 20.5 Å². The molecule has 2 aliphatic carbocycles. The molecule has 2 atom stereocenters. The number of imide groups is 2. The van der Waals surface area contributed by atoms with Gasteiger partial charge in [-0.1, -0.05) is 166 Å². The highest BCUT2D eigenvalue weighted by Gasteiger charge is 2.67. The van der Waals surface area contributed by atoms with Crippen LogP contribution in [0, 0.1) is 0 Å². The molecule has 77 heavy (non-hydrogen) atoms. The number of carbonyl (C=O) groups is 6. The number of carbonyl (C=O) groups excluding carboxylic acids is 6. The maximum atomic E-state index is 16.4. The maximum absolute atomic E-state index is 16.4. The summed E-state index contributed by atoms with van der Waals surface area (Å²) < 4.78 is 6.14. The van der Waals surface area contributed by atoms with Crippen LogP contribution in [-0.2, 0) is 32.4 Å². The quantitative estimate of drug-likeness (QED) is 0.0773. The molecule has 5 aromatic rings. The van der Waals surface area contributed by atoms with Crippen LogP contribution in [0.1, 0.15) is 170 Å². The van der Waals surface area contributed by atoms with Crippen LogP contribution in [0.15, 0.2) is 115 Å². The predicted octanol–water partition coefficient (Wildman–Crippen LogP) is 12.5. The fraction of sp³-hybridized carbons (Fsp3) is 0.429. The Morgan fingerprint density at radius 1 is 0.494 bits per heavy atom. The van der Waals surface area contributed by atoms with Gasteiger partial charge in [0.05, 0.1) is 6.61 Å². The van der Waals surface area contributed by atoms with Gasteiger partial charge in [0.1, 0.15) is 23.4 Å². The van der Waals surface area contributed by atoms with Crippen LogP contribution in [-0.4, -0.2) is 73.8 Å². The van der Waals surface area contributed by atoms with Gasteiger partial charge in [-0.05, 0) is 119 Å². The van der Waals surface area contributed by atoms with Crippen molar-refractivity contribution in [3.8, 4) is 5.75 Å². The van der Waals surface area contributed by atoms with Gasteiger partial charge in [-0.25, -0.2) is 19.4 Å². The van der Waals surface area contributed by atoms with Gasteiger partial charge >= 0.3 is 12.1 Å². The van der Waals surface area contributed by atoms with Crippen molar-refractivity contribution in [1.82, 2.24) is 9.80 Å². The third-order valence-electron chi connectivity index (χ3n) is 16.4. The molecule has 2 heterocycles. The van der Waals surface area contributed by atoms with Gasteiger partial charge in [0, 0.05) is 22.7 Å². The number of hydrogen-bond acceptors (Lipinski definition) is 8. The van der Waals surface area contributed by atoms with E-state index in [-0.39, 0.29) is 56.0 Å². The first-order valence-corrected chi connectivity index (χ1v) is 27.6. The molecule has 404 valence electrons. The molecule has 8 amide bonds. The molecule has 5 aromatic carbocycles. The number of rotatable bonds is 17. The Morgan fingerprint density at radius 3 is 1.25 bits per heavy atom. The first-order chi connectivity index (χ1) is 36.9. The van der Waals surface area contributed by atoms with Gasteiger partial charge in [-0.2, -0.15) is 0 Å². The van der Waals surface area contributed by atoms with Crippen LogP contribution in [0.3, 0.4) is 0 Å². The zero-order chi connectivity index (χ0) is 54.9. The predicted molar refractivity (Wildman–Crippen MR) is 300 cm³/mol. The van der Waals surface area contributed by atoms with E-state index in [1.807, 2.05) is 122 Å². The van der Waals surface area contributed by atoms with Crippen molar-refractivity contribution in [3.63, 3.8) is 0 Å². The minimum Gasteiger partial charge on any atom is -0.489 e. The third-order valence-corrected chi connectivity index (χ3v) is 16.4. The molecule has 0 aromatic heterocycles. The van der Waals surface area contributed by atoms with E-state index in [0.29, 0.717) is 66.4 Å². The zero-order valence-electron chi connectivity index (χ0n) is 45.8. The molecule has 4 aliphatic rings. The van der Waals surface area contributed by atoms with Crippen molar-refractivity contribution < 1.29 is 38.6 Å². The molecule has 2 spiro atoms. The van der Waals surface area contributed by atoms with Crippen LogP contribution >= 0.6 is 0 Å². The molecule has 2 saturated heterocycles. The number of nitrogens with one attached hydrogen (secondary N) is 2. The first-order valence-electron chi connectivity index (χ1n) is 27.6. The van der Waals surface area contributed by atoms with Crippen molar-refractivity contribution in [2.24, 2.45) is 0 Å². The molecule has 0 bridgehead atoms. The van der Waals surface area contributed by atoms with E-state index in [1.165, 1.54) is 9.80 Å². The molecule has 3 N–H and O–H groups in total. The van der Waals surface area contributed by atoms with Crippen molar-refractivity contribution in [1.29, 1.82) is 0 Å². The van der Waals surface area contributed by atoms with E-state index in [4.69, 9.17) is 4.74 Å². The second-order valence-corrected chi connectivity index (χ2v) is 22.6. The van der Waals surface area contributed by atoms with Crippen LogP contribution in [0.25, 0.3) is 0 Å². The number of nitrogens with zero attached hydrogens (tertiary/aromatic N) is 4. The molecular weight excluding hydrogens is 969 g/mol. The lowest BCUT2D eigenvalue weighted by Gasteiger charge is -2.38. The number of aliphatic hydroxyl groups excluding tert-OH is 1. The second kappa shape index (κ2) is 22.3. The monoisotopic (exact) mass is 1040 g/mol. The smallest absolute Gasteiger partial charge is 0.333 e. The SMILES string of the molecule is CC(C)c1cccc(C(C)C)c1NC(=O)C(C(C(=O)Nc1c(C(C)C)cccc1C(C)C)N1C(=O)N(c2ccc(OCc3ccccc3)cc2)C2(CCCC2)C1=O)N1C(=O)N(c2ccc(CO)cc2)C2(CCCCC2)C1=O. The highest BCUT2D eigenvalue weighted by Crippen LogP contribution is 2.49. The Balaban J connectivity index is 1.26. The van der Waals surface area contributed by atoms with Crippen molar-refractivity contribution in [3.05, 3.63) is 149 Å². The molecule has 4 fully saturated rings. The molecule has 14 nitrogen and oxygen atoms in total. The van der Waals surface area contributed by atoms with Gasteiger partial charge in [0.25, 0.3) is 11.8 Å². The normalized spacial score (nSPS) is 18.0. The minimum absolute atomic E-state index is 0.103. The van der Waals surface area contributed by atoms with Gasteiger partial charge in [0.2, 0.25) is 11.8 Å². The first kappa shape index (κ1) is 54.5. The number of anilines is 4. The van der Waals surface area contributed by atoms with Crippen LogP contribution < -0.4 is 25.2 Å². The molecule has 9 rings (SSSR count). The van der Waals surface area contributed by atoms with E-state index < -0.39 is 58.9 Å². The van der Waals surface area contributed by atoms with Crippen molar-refractivity contribution in [2.75, 3.05) is 20.4 Å². The van der Waals surface area contributed by atoms with E-state index in [2.05, 4.69) is 10.6 Å². The Morgan fingerprint density at radius 2 is 0.870 bits per heavy atom. The summed E-state index contributed by atoms with van der Waals surface area (Å²) in [5.74, 6) is -3.09. The lowest BCUT2D eigenvalue weighted by Crippen LogP contribution is -2.65. The topological polar surface area (TPSA) is 169 Å². The van der Waals surface area contributed by atoms with Crippen molar-refractivity contribution in [2.45, 2.75) is 173 Å². The number of hydrogen-bond donors (Lipinski definition) is 3. The summed E-state index contributed by atoms with van der Waals surface area (Å²) in [6, 6.07) is 28.9. The summed E-state index contributed by atoms with van der Waals surface area (Å²) in [5.41, 5.74) is 3.41. The molecule has 14 heteroatoms. The number of amides is 8. The van der Waals surface area contributed by atoms with E-state index in [1.54, 1.807) is 48.5 Å². The number of aliphatic hydroxyl groups is 1. The number of urea groups is 2. The summed E-state index contributed by atoms with van der Waals surface area (Å²) in [4.78, 5) is 102. The minimum atomic E-state index is -2.09. The third kappa shape index (κ3) is 10.0. The molecular formula is C63H74N6O8. The number of ether oxygens (including phenoxy) is 1. The zero-order valence-corrected chi connectivity index (χ0v) is 45.8. The molecule has 2 saturated carbocycles. The van der Waals surface area contributed by atoms with Gasteiger partial charge in [-0.3, -0.25) is 29.0 Å². The summed E-state index contributed by atoms with van der Waals surface area (Å²) in [7, 11) is 0. The lowest BCUT2D eigenvalue weighted by atomic mass is 9.80. The number of para-hydroxylation sites is 2. The Labute approximate surface area is 453 Å². The van der Waals surface area contributed by atoms with Crippen molar-refractivity contribution >= 4 is 58.4 Å². The summed E-state index contributed by atoms with van der Waals surface area (Å²) >= 11 is 0. The van der Waals surface area contributed by atoms with Gasteiger partial charge in [0.15, 0.2) is 12.1 Å². The van der Waals surface area contributed by atoms with E-state index >= 15 is 28.8 Å². The molecule has 2 unspecified atom stereocenters. The van der Waals surface area contributed by atoms with E-state index in [0.717, 1.165) is 44.0 Å². The standard InChI is InChI=1S/C63H74N6O8/c1-39(2)48-21-17-22-49(40(3)4)52(48)64-56(71)54(66-58(73)62(33-13-10-14-34-62)68(60(66)75)45-27-25-43(37-70)26-28-45)55(57(72)65-53-50(41(5)6)23-18-24-51(53)42(7)8)67-59(74)63(35-15-16-36-63)69(61(67)76)46-29-31-47(32-30-46)77-38-44-19-11-9-12-20-44/h9,11-12,17-32,39-42,54-55,70H,10,13-16,33-38H2,1-8H3,(H,64,71)(H,65,72).